The van der Waals surface area contributed by atoms with Crippen LogP contribution in [-0.2, 0) is 13.6 Å². The molecule has 0 unspecified atom stereocenters. The van der Waals surface area contributed by atoms with Gasteiger partial charge in [0.2, 0.25) is 0 Å². The minimum absolute atomic E-state index is 0.342. The lowest BCUT2D eigenvalue weighted by Crippen LogP contribution is -2.16. The Morgan fingerprint density at radius 1 is 1.28 bits per heavy atom. The molecule has 3 rings (SSSR count). The lowest BCUT2D eigenvalue weighted by molar-refractivity contribution is 0.0992. The molecule has 0 N–H and O–H groups in total. The molecule has 0 fully saturated rings. The van der Waals surface area contributed by atoms with Crippen LogP contribution in [0.1, 0.15) is 23.0 Å². The van der Waals surface area contributed by atoms with E-state index in [4.69, 9.17) is 9.47 Å². The number of aryl methyl sites for hydroxylation is 3. The van der Waals surface area contributed by atoms with Crippen molar-refractivity contribution in [2.45, 2.75) is 20.4 Å². The number of carbonyl (C=O) groups is 1. The van der Waals surface area contributed by atoms with Crippen LogP contribution in [0.25, 0.3) is 10.2 Å². The van der Waals surface area contributed by atoms with E-state index in [-0.39, 0.29) is 5.91 Å². The van der Waals surface area contributed by atoms with Gasteiger partial charge < -0.3 is 14.0 Å². The fraction of sp³-hybridized carbons (Fsp3) is 0.353. The van der Waals surface area contributed by atoms with Crippen LogP contribution in [0.3, 0.4) is 0 Å². The summed E-state index contributed by atoms with van der Waals surface area (Å²) in [7, 11) is 4.99. The van der Waals surface area contributed by atoms with Gasteiger partial charge in [-0.3, -0.25) is 9.48 Å². The Labute approximate surface area is 149 Å². The monoisotopic (exact) mass is 360 g/mol. The maximum absolute atomic E-state index is 12.5. The minimum atomic E-state index is -0.342. The van der Waals surface area contributed by atoms with Crippen LogP contribution in [0.4, 0.5) is 0 Å². The molecule has 0 spiro atoms. The molecule has 1 amide bonds. The normalized spacial score (nSPS) is 12.0. The third kappa shape index (κ3) is 3.05. The Kier molecular flexibility index (Phi) is 4.63. The molecule has 0 saturated heterocycles. The minimum Gasteiger partial charge on any atom is -0.493 e. The molecule has 8 heteroatoms. The molecule has 7 nitrogen and oxygen atoms in total. The van der Waals surface area contributed by atoms with E-state index < -0.39 is 0 Å². The van der Waals surface area contributed by atoms with E-state index in [1.165, 1.54) is 11.3 Å². The van der Waals surface area contributed by atoms with E-state index in [1.54, 1.807) is 32.1 Å². The molecule has 0 saturated carbocycles. The molecule has 25 heavy (non-hydrogen) atoms. The highest BCUT2D eigenvalue weighted by molar-refractivity contribution is 7.16. The molecular weight excluding hydrogens is 340 g/mol. The second-order valence-electron chi connectivity index (χ2n) is 5.56. The van der Waals surface area contributed by atoms with Crippen molar-refractivity contribution in [3.8, 4) is 11.5 Å². The smallest absolute Gasteiger partial charge is 0.300 e. The topological polar surface area (TPSA) is 70.6 Å². The van der Waals surface area contributed by atoms with Crippen molar-refractivity contribution >= 4 is 27.5 Å². The molecule has 1 aromatic carbocycles. The van der Waals surface area contributed by atoms with Gasteiger partial charge in [0.25, 0.3) is 5.91 Å². The number of hydrogen-bond acceptors (Lipinski definition) is 5. The van der Waals surface area contributed by atoms with Gasteiger partial charge in [0.15, 0.2) is 22.0 Å². The molecule has 132 valence electrons. The average molecular weight is 360 g/mol. The molecule has 0 atom stereocenters. The summed E-state index contributed by atoms with van der Waals surface area (Å²) in [5.41, 5.74) is 2.14. The van der Waals surface area contributed by atoms with Crippen molar-refractivity contribution in [2.24, 2.45) is 12.0 Å². The number of thiazole rings is 1. The summed E-state index contributed by atoms with van der Waals surface area (Å²) in [6.07, 6.45) is 1.80. The number of methoxy groups -OCH3 is 2. The van der Waals surface area contributed by atoms with Crippen molar-refractivity contribution in [3.63, 3.8) is 0 Å². The average Bonchev–Trinajstić information content (AvgIpc) is 3.11. The number of rotatable bonds is 4. The van der Waals surface area contributed by atoms with Crippen molar-refractivity contribution in [1.82, 2.24) is 14.3 Å². The number of fused-ring (bicyclic) bond motifs is 1. The van der Waals surface area contributed by atoms with Crippen molar-refractivity contribution in [2.75, 3.05) is 14.2 Å². The van der Waals surface area contributed by atoms with E-state index in [0.717, 1.165) is 15.8 Å². The van der Waals surface area contributed by atoms with Gasteiger partial charge in [-0.1, -0.05) is 11.3 Å². The van der Waals surface area contributed by atoms with Gasteiger partial charge in [0.05, 0.1) is 24.4 Å². The SMILES string of the molecule is CCn1c(=NC(=O)c2nn(C)cc2C)sc2cc(OC)c(OC)cc21. The largest absolute Gasteiger partial charge is 0.493 e. The third-order valence-electron chi connectivity index (χ3n) is 3.92. The summed E-state index contributed by atoms with van der Waals surface area (Å²) < 4.78 is 15.3. The van der Waals surface area contributed by atoms with Crippen LogP contribution in [-0.4, -0.2) is 34.5 Å². The summed E-state index contributed by atoms with van der Waals surface area (Å²) in [6.45, 7) is 4.55. The van der Waals surface area contributed by atoms with Gasteiger partial charge in [-0.2, -0.15) is 10.1 Å². The number of carbonyl (C=O) groups excluding carboxylic acids is 1. The number of amides is 1. The predicted molar refractivity (Wildman–Crippen MR) is 96.4 cm³/mol. The van der Waals surface area contributed by atoms with E-state index >= 15 is 0 Å². The summed E-state index contributed by atoms with van der Waals surface area (Å²) in [4.78, 5) is 17.5. The van der Waals surface area contributed by atoms with Crippen LogP contribution in [0.15, 0.2) is 23.3 Å². The van der Waals surface area contributed by atoms with Crippen LogP contribution < -0.4 is 14.3 Å². The van der Waals surface area contributed by atoms with E-state index in [9.17, 15) is 4.79 Å². The van der Waals surface area contributed by atoms with Gasteiger partial charge in [-0.05, 0) is 13.8 Å². The molecule has 2 aromatic heterocycles. The summed E-state index contributed by atoms with van der Waals surface area (Å²) in [6, 6.07) is 3.81. The van der Waals surface area contributed by atoms with Crippen molar-refractivity contribution in [1.29, 1.82) is 0 Å². The van der Waals surface area contributed by atoms with Gasteiger partial charge in [0, 0.05) is 37.5 Å². The molecule has 0 radical (unpaired) electrons. The Morgan fingerprint density at radius 3 is 2.52 bits per heavy atom. The zero-order valence-electron chi connectivity index (χ0n) is 14.9. The highest BCUT2D eigenvalue weighted by Crippen LogP contribution is 2.33. The first kappa shape index (κ1) is 17.2. The quantitative estimate of drug-likeness (QED) is 0.717. The van der Waals surface area contributed by atoms with E-state index in [0.29, 0.717) is 28.5 Å². The Hall–Kier alpha value is -2.61. The molecule has 0 aliphatic heterocycles. The lowest BCUT2D eigenvalue weighted by atomic mass is 10.3. The number of hydrogen-bond donors (Lipinski definition) is 0. The number of nitrogens with zero attached hydrogens (tertiary/aromatic N) is 4. The number of benzene rings is 1. The second-order valence-corrected chi connectivity index (χ2v) is 6.56. The lowest BCUT2D eigenvalue weighted by Gasteiger charge is -2.08. The first-order chi connectivity index (χ1) is 12.0. The molecular formula is C17H20N4O3S. The maximum Gasteiger partial charge on any atom is 0.300 e. The maximum atomic E-state index is 12.5. The zero-order chi connectivity index (χ0) is 18.1. The Morgan fingerprint density at radius 2 is 1.96 bits per heavy atom. The van der Waals surface area contributed by atoms with Crippen LogP contribution in [0, 0.1) is 6.92 Å². The van der Waals surface area contributed by atoms with Crippen LogP contribution in [0.5, 0.6) is 11.5 Å². The summed E-state index contributed by atoms with van der Waals surface area (Å²) >= 11 is 1.44. The molecule has 0 aliphatic carbocycles. The molecule has 0 bridgehead atoms. The molecule has 2 heterocycles. The summed E-state index contributed by atoms with van der Waals surface area (Å²) in [5, 5.41) is 4.20. The first-order valence-corrected chi connectivity index (χ1v) is 8.64. The third-order valence-corrected chi connectivity index (χ3v) is 4.96. The predicted octanol–water partition coefficient (Wildman–Crippen LogP) is 2.52. The van der Waals surface area contributed by atoms with Gasteiger partial charge in [-0.15, -0.1) is 0 Å². The van der Waals surface area contributed by atoms with Crippen LogP contribution >= 0.6 is 11.3 Å². The fourth-order valence-corrected chi connectivity index (χ4v) is 3.85. The fourth-order valence-electron chi connectivity index (χ4n) is 2.75. The Balaban J connectivity index is 2.18. The van der Waals surface area contributed by atoms with E-state index in [1.807, 2.05) is 30.5 Å². The van der Waals surface area contributed by atoms with Gasteiger partial charge in [-0.25, -0.2) is 0 Å². The molecule has 0 aliphatic rings. The second kappa shape index (κ2) is 6.72. The van der Waals surface area contributed by atoms with Crippen LogP contribution in [0.2, 0.25) is 0 Å². The molecule has 3 aromatic rings. The van der Waals surface area contributed by atoms with Gasteiger partial charge >= 0.3 is 0 Å². The van der Waals surface area contributed by atoms with Crippen molar-refractivity contribution < 1.29 is 14.3 Å². The number of ether oxygens (including phenoxy) is 2. The standard InChI is InChI=1S/C17H20N4O3S/c1-6-21-11-7-12(23-4)13(24-5)8-14(11)25-17(21)18-16(22)15-10(2)9-20(3)19-15/h7-9H,6H2,1-5H3. The Bertz CT molecular complexity index is 1010. The number of aromatic nitrogens is 3. The van der Waals surface area contributed by atoms with Gasteiger partial charge in [0.1, 0.15) is 0 Å². The van der Waals surface area contributed by atoms with E-state index in [2.05, 4.69) is 10.1 Å². The highest BCUT2D eigenvalue weighted by Gasteiger charge is 2.15. The summed E-state index contributed by atoms with van der Waals surface area (Å²) in [5.74, 6) is 0.956. The highest BCUT2D eigenvalue weighted by atomic mass is 32.1. The first-order valence-electron chi connectivity index (χ1n) is 7.83. The zero-order valence-corrected chi connectivity index (χ0v) is 15.7. The van der Waals surface area contributed by atoms with Crippen molar-refractivity contribution in [3.05, 3.63) is 34.4 Å².